The summed E-state index contributed by atoms with van der Waals surface area (Å²) < 4.78 is 0. The predicted octanol–water partition coefficient (Wildman–Crippen LogP) is 10.4. The fourth-order valence-electron chi connectivity index (χ4n) is 6.83. The van der Waals surface area contributed by atoms with Gasteiger partial charge in [0.05, 0.1) is 0 Å². The Morgan fingerprint density at radius 1 is 0.667 bits per heavy atom. The van der Waals surface area contributed by atoms with Gasteiger partial charge < -0.3 is 0 Å². The molecule has 2 saturated carbocycles. The van der Waals surface area contributed by atoms with Crippen LogP contribution in [0.5, 0.6) is 0 Å². The molecule has 33 heavy (non-hydrogen) atoms. The van der Waals surface area contributed by atoms with Gasteiger partial charge >= 0.3 is 0 Å². The highest BCUT2D eigenvalue weighted by Crippen LogP contribution is 2.47. The van der Waals surface area contributed by atoms with E-state index in [0.29, 0.717) is 23.7 Å². The molecule has 0 aromatic heterocycles. The molecule has 3 aliphatic rings. The molecule has 0 heteroatoms. The van der Waals surface area contributed by atoms with Crippen molar-refractivity contribution in [2.75, 3.05) is 0 Å². The van der Waals surface area contributed by atoms with E-state index >= 15 is 0 Å². The zero-order chi connectivity index (χ0) is 23.5. The third kappa shape index (κ3) is 5.52. The molecule has 0 saturated heterocycles. The van der Waals surface area contributed by atoms with E-state index in [9.17, 15) is 0 Å². The largest absolute Gasteiger partial charge is 0.0798 e. The highest BCUT2D eigenvalue weighted by molar-refractivity contribution is 5.49. The van der Waals surface area contributed by atoms with Gasteiger partial charge in [-0.15, -0.1) is 0 Å². The standard InChI is InChI=1S/C33H49/c1-22(2)28-20-30(23(3)4)33(31(21-28)24(5)6)27-17-18-29(25-13-9-7-10-14-25)32(19-27)26-15-11-8-12-16-26/h18,20-27H,7-17H2,1-6H3. The Hall–Kier alpha value is -1.30. The molecule has 0 bridgehead atoms. The summed E-state index contributed by atoms with van der Waals surface area (Å²) in [6.45, 7) is 14.3. The van der Waals surface area contributed by atoms with Crippen molar-refractivity contribution in [3.8, 4) is 0 Å². The number of benzene rings is 1. The first-order valence-electron chi connectivity index (χ1n) is 14.4. The van der Waals surface area contributed by atoms with Gasteiger partial charge in [0.25, 0.3) is 0 Å². The minimum absolute atomic E-state index is 0.435. The molecule has 0 aliphatic heterocycles. The van der Waals surface area contributed by atoms with Crippen molar-refractivity contribution >= 4 is 0 Å². The summed E-state index contributed by atoms with van der Waals surface area (Å²) in [6.07, 6.45) is 22.3. The van der Waals surface area contributed by atoms with Crippen LogP contribution in [0.15, 0.2) is 29.4 Å². The van der Waals surface area contributed by atoms with Crippen LogP contribution in [0.4, 0.5) is 0 Å². The second kappa shape index (κ2) is 11.0. The molecular formula is C33H49. The van der Waals surface area contributed by atoms with Gasteiger partial charge in [-0.1, -0.05) is 98.3 Å². The Bertz CT molecular complexity index is 821. The molecule has 3 aliphatic carbocycles. The van der Waals surface area contributed by atoms with Crippen molar-refractivity contribution in [2.24, 2.45) is 11.8 Å². The van der Waals surface area contributed by atoms with Crippen LogP contribution >= 0.6 is 0 Å². The highest BCUT2D eigenvalue weighted by Gasteiger charge is 2.32. The van der Waals surface area contributed by atoms with E-state index in [1.807, 2.05) is 0 Å². The Morgan fingerprint density at radius 2 is 1.18 bits per heavy atom. The lowest BCUT2D eigenvalue weighted by Gasteiger charge is -2.36. The lowest BCUT2D eigenvalue weighted by molar-refractivity contribution is 0.369. The number of hydrogen-bond donors (Lipinski definition) is 0. The minimum Gasteiger partial charge on any atom is -0.0798 e. The van der Waals surface area contributed by atoms with Crippen LogP contribution in [-0.4, -0.2) is 0 Å². The molecule has 0 nitrogen and oxygen atoms in total. The van der Waals surface area contributed by atoms with Crippen LogP contribution in [0.3, 0.4) is 0 Å². The van der Waals surface area contributed by atoms with Crippen molar-refractivity contribution in [1.29, 1.82) is 0 Å². The van der Waals surface area contributed by atoms with Gasteiger partial charge in [0.15, 0.2) is 0 Å². The molecule has 0 heterocycles. The van der Waals surface area contributed by atoms with Gasteiger partial charge in [0.1, 0.15) is 0 Å². The Kier molecular flexibility index (Phi) is 8.24. The van der Waals surface area contributed by atoms with E-state index in [0.717, 1.165) is 18.3 Å². The normalized spacial score (nSPS) is 23.4. The summed E-state index contributed by atoms with van der Waals surface area (Å²) in [7, 11) is 0. The summed E-state index contributed by atoms with van der Waals surface area (Å²) >= 11 is 0. The molecule has 0 N–H and O–H groups in total. The first-order valence-corrected chi connectivity index (χ1v) is 14.4. The SMILES string of the molecule is CC(C)c1cc(C(C)C)c(C2[C]=C(C3CCCCC3)C(C3CCCCC3)=CC2)c(C(C)C)c1. The molecule has 1 aromatic rings. The smallest absolute Gasteiger partial charge is 0.0136 e. The molecule has 1 unspecified atom stereocenters. The zero-order valence-electron chi connectivity index (χ0n) is 22.5. The molecule has 0 spiro atoms. The monoisotopic (exact) mass is 445 g/mol. The van der Waals surface area contributed by atoms with E-state index < -0.39 is 0 Å². The Labute approximate surface area is 205 Å². The third-order valence-electron chi connectivity index (χ3n) is 8.80. The average molecular weight is 446 g/mol. The summed E-state index contributed by atoms with van der Waals surface area (Å²) in [5.41, 5.74) is 9.69. The van der Waals surface area contributed by atoms with E-state index in [4.69, 9.17) is 0 Å². The second-order valence-electron chi connectivity index (χ2n) is 12.3. The quantitative estimate of drug-likeness (QED) is 0.408. The predicted molar refractivity (Wildman–Crippen MR) is 144 cm³/mol. The molecular weight excluding hydrogens is 396 g/mol. The van der Waals surface area contributed by atoms with Gasteiger partial charge in [-0.2, -0.15) is 0 Å². The van der Waals surface area contributed by atoms with E-state index in [-0.39, 0.29) is 0 Å². The number of hydrogen-bond acceptors (Lipinski definition) is 0. The maximum atomic E-state index is 4.27. The van der Waals surface area contributed by atoms with Crippen molar-refractivity contribution < 1.29 is 0 Å². The lowest BCUT2D eigenvalue weighted by atomic mass is 9.68. The Balaban J connectivity index is 1.78. The molecule has 1 radical (unpaired) electrons. The topological polar surface area (TPSA) is 0 Å². The molecule has 1 aromatic carbocycles. The summed E-state index contributed by atoms with van der Waals surface area (Å²) in [4.78, 5) is 0. The van der Waals surface area contributed by atoms with Crippen LogP contribution < -0.4 is 0 Å². The second-order valence-corrected chi connectivity index (χ2v) is 12.3. The van der Waals surface area contributed by atoms with Crippen LogP contribution in [-0.2, 0) is 0 Å². The zero-order valence-corrected chi connectivity index (χ0v) is 22.5. The molecule has 0 amide bonds. The van der Waals surface area contributed by atoms with Gasteiger partial charge in [-0.05, 0) is 101 Å². The Morgan fingerprint density at radius 3 is 1.67 bits per heavy atom. The number of allylic oxidation sites excluding steroid dienone is 4. The molecule has 4 rings (SSSR count). The molecule has 181 valence electrons. The minimum atomic E-state index is 0.435. The van der Waals surface area contributed by atoms with Crippen molar-refractivity contribution in [3.63, 3.8) is 0 Å². The third-order valence-corrected chi connectivity index (χ3v) is 8.80. The first kappa shape index (κ1) is 24.8. The van der Waals surface area contributed by atoms with Gasteiger partial charge in [0.2, 0.25) is 0 Å². The van der Waals surface area contributed by atoms with E-state index in [1.165, 1.54) is 69.8 Å². The van der Waals surface area contributed by atoms with E-state index in [2.05, 4.69) is 65.8 Å². The van der Waals surface area contributed by atoms with Crippen molar-refractivity contribution in [2.45, 2.75) is 136 Å². The van der Waals surface area contributed by atoms with Crippen LogP contribution in [0.1, 0.15) is 158 Å². The van der Waals surface area contributed by atoms with Crippen molar-refractivity contribution in [3.05, 3.63) is 57.7 Å². The maximum absolute atomic E-state index is 4.27. The average Bonchev–Trinajstić information content (AvgIpc) is 2.83. The highest BCUT2D eigenvalue weighted by atomic mass is 14.4. The summed E-state index contributed by atoms with van der Waals surface area (Å²) in [5, 5.41) is 0. The molecule has 2 fully saturated rings. The molecule has 1 atom stereocenters. The fraction of sp³-hybridized carbons (Fsp3) is 0.697. The maximum Gasteiger partial charge on any atom is 0.0136 e. The summed E-state index contributed by atoms with van der Waals surface area (Å²) in [6, 6.07) is 5.08. The summed E-state index contributed by atoms with van der Waals surface area (Å²) in [5.74, 6) is 3.69. The van der Waals surface area contributed by atoms with E-state index in [1.54, 1.807) is 27.8 Å². The first-order chi connectivity index (χ1) is 15.9. The van der Waals surface area contributed by atoms with Gasteiger partial charge in [0, 0.05) is 5.92 Å². The van der Waals surface area contributed by atoms with Crippen LogP contribution in [0, 0.1) is 17.9 Å². The van der Waals surface area contributed by atoms with Crippen molar-refractivity contribution in [1.82, 2.24) is 0 Å². The fourth-order valence-corrected chi connectivity index (χ4v) is 6.83. The van der Waals surface area contributed by atoms with Gasteiger partial charge in [-0.25, -0.2) is 0 Å². The van der Waals surface area contributed by atoms with Gasteiger partial charge in [-0.3, -0.25) is 0 Å². The lowest BCUT2D eigenvalue weighted by Crippen LogP contribution is -2.22. The van der Waals surface area contributed by atoms with Crippen LogP contribution in [0.2, 0.25) is 0 Å². The number of rotatable bonds is 6. The van der Waals surface area contributed by atoms with Crippen LogP contribution in [0.25, 0.3) is 0 Å².